The predicted octanol–water partition coefficient (Wildman–Crippen LogP) is 22.4. The van der Waals surface area contributed by atoms with Gasteiger partial charge in [0, 0.05) is 25.7 Å². The van der Waals surface area contributed by atoms with E-state index in [2.05, 4.69) is 55.4 Å². The Bertz CT molecular complexity index is 1880. The maximum Gasteiger partial charge on any atom is 0.472 e. The summed E-state index contributed by atoms with van der Waals surface area (Å²) < 4.78 is 68.5. The number of hydrogen-bond donors (Lipinski definition) is 3. The van der Waals surface area contributed by atoms with Gasteiger partial charge >= 0.3 is 39.5 Å². The fourth-order valence-corrected chi connectivity index (χ4v) is 13.3. The summed E-state index contributed by atoms with van der Waals surface area (Å²) in [6, 6.07) is 0. The van der Waals surface area contributed by atoms with Gasteiger partial charge in [0.2, 0.25) is 0 Å². The lowest BCUT2D eigenvalue weighted by molar-refractivity contribution is -0.161. The quantitative estimate of drug-likeness (QED) is 0.0222. The van der Waals surface area contributed by atoms with Crippen molar-refractivity contribution in [2.75, 3.05) is 39.6 Å². The minimum atomic E-state index is -4.96. The van der Waals surface area contributed by atoms with Crippen LogP contribution in [0.15, 0.2) is 0 Å². The highest BCUT2D eigenvalue weighted by Gasteiger charge is 2.30. The van der Waals surface area contributed by atoms with E-state index >= 15 is 0 Å². The second-order valence-corrected chi connectivity index (χ2v) is 32.6. The lowest BCUT2D eigenvalue weighted by Crippen LogP contribution is -2.30. The molecule has 0 amide bonds. The molecular formula is C77H150O17P2. The van der Waals surface area contributed by atoms with Gasteiger partial charge in [-0.3, -0.25) is 37.3 Å². The van der Waals surface area contributed by atoms with Gasteiger partial charge in [0.1, 0.15) is 19.3 Å². The van der Waals surface area contributed by atoms with E-state index in [1.54, 1.807) is 0 Å². The molecule has 3 unspecified atom stereocenters. The van der Waals surface area contributed by atoms with Gasteiger partial charge in [0.25, 0.3) is 0 Å². The standard InChI is InChI=1S/C77H150O17P2/c1-67(2)53-45-37-29-22-18-14-11-9-10-12-16-20-24-33-41-49-57-74(79)87-63-72(93-76(81)59-51-43-35-25-21-17-13-15-19-23-30-38-46-54-68(3)4)65-91-95(83,84)89-61-71(78)62-90-96(85,86)92-66-73(94-77(82)60-52-44-36-28-32-40-48-56-70(7)8)64-88-75(80)58-50-42-34-27-26-31-39-47-55-69(5)6/h67-73,78H,9-66H2,1-8H3,(H,83,84)(H,85,86)/t71?,72-,73-/m1/s1. The molecule has 0 fully saturated rings. The lowest BCUT2D eigenvalue weighted by atomic mass is 10.0. The average Bonchev–Trinajstić information content (AvgIpc) is 3.18. The van der Waals surface area contributed by atoms with Crippen molar-refractivity contribution in [2.24, 2.45) is 23.7 Å². The van der Waals surface area contributed by atoms with Crippen molar-refractivity contribution < 1.29 is 80.2 Å². The second-order valence-electron chi connectivity index (χ2n) is 29.7. The third-order valence-corrected chi connectivity index (χ3v) is 19.7. The highest BCUT2D eigenvalue weighted by molar-refractivity contribution is 7.47. The molecule has 0 aliphatic carbocycles. The first-order chi connectivity index (χ1) is 46.1. The number of carbonyl (C=O) groups excluding carboxylic acids is 4. The third-order valence-electron chi connectivity index (χ3n) is 17.8. The lowest BCUT2D eigenvalue weighted by Gasteiger charge is -2.21. The van der Waals surface area contributed by atoms with Crippen molar-refractivity contribution in [3.05, 3.63) is 0 Å². The molecule has 0 aromatic heterocycles. The summed E-state index contributed by atoms with van der Waals surface area (Å²) in [6.07, 6.45) is 51.5. The Morgan fingerprint density at radius 3 is 0.646 bits per heavy atom. The van der Waals surface area contributed by atoms with Gasteiger partial charge in [-0.15, -0.1) is 0 Å². The SMILES string of the molecule is CC(C)CCCCCCCCCCCCCCCCCCC(=O)OC[C@H](COP(=O)(O)OCC(O)COP(=O)(O)OC[C@@H](COC(=O)CCCCCCCCCCC(C)C)OC(=O)CCCCCCCCCC(C)C)OC(=O)CCCCCCCCCCCCCCCC(C)C. The molecule has 0 bridgehead atoms. The number of phosphoric acid groups is 2. The number of hydrogen-bond acceptors (Lipinski definition) is 15. The second kappa shape index (κ2) is 66.3. The summed E-state index contributed by atoms with van der Waals surface area (Å²) in [5.41, 5.74) is 0. The van der Waals surface area contributed by atoms with Crippen molar-refractivity contribution in [2.45, 2.75) is 408 Å². The van der Waals surface area contributed by atoms with Gasteiger partial charge in [-0.1, -0.05) is 338 Å². The summed E-state index contributed by atoms with van der Waals surface area (Å²) in [4.78, 5) is 72.8. The van der Waals surface area contributed by atoms with Gasteiger partial charge in [0.15, 0.2) is 12.2 Å². The summed E-state index contributed by atoms with van der Waals surface area (Å²) in [7, 11) is -9.91. The molecule has 0 spiro atoms. The topological polar surface area (TPSA) is 237 Å². The van der Waals surface area contributed by atoms with E-state index in [4.69, 9.17) is 37.0 Å². The zero-order valence-corrected chi connectivity index (χ0v) is 64.8. The molecule has 0 aliphatic rings. The highest BCUT2D eigenvalue weighted by atomic mass is 31.2. The number of aliphatic hydroxyl groups excluding tert-OH is 1. The highest BCUT2D eigenvalue weighted by Crippen LogP contribution is 2.45. The number of rotatable bonds is 74. The Labute approximate surface area is 588 Å². The Balaban J connectivity index is 5.22. The van der Waals surface area contributed by atoms with Crippen molar-refractivity contribution in [1.82, 2.24) is 0 Å². The fraction of sp³-hybridized carbons (Fsp3) is 0.948. The summed E-state index contributed by atoms with van der Waals surface area (Å²) in [5, 5.41) is 10.6. The summed E-state index contributed by atoms with van der Waals surface area (Å²) in [5.74, 6) is 0.899. The molecule has 19 heteroatoms. The molecular weight excluding hydrogens is 1260 g/mol. The molecule has 96 heavy (non-hydrogen) atoms. The van der Waals surface area contributed by atoms with E-state index in [0.717, 1.165) is 108 Å². The molecule has 0 aromatic carbocycles. The largest absolute Gasteiger partial charge is 0.472 e. The predicted molar refractivity (Wildman–Crippen MR) is 391 cm³/mol. The minimum Gasteiger partial charge on any atom is -0.462 e. The first-order valence-corrected chi connectivity index (χ1v) is 42.7. The first kappa shape index (κ1) is 94.1. The molecule has 0 rings (SSSR count). The maximum absolute atomic E-state index is 13.1. The van der Waals surface area contributed by atoms with E-state index < -0.39 is 97.5 Å². The summed E-state index contributed by atoms with van der Waals surface area (Å²) >= 11 is 0. The van der Waals surface area contributed by atoms with Crippen LogP contribution in [0.4, 0.5) is 0 Å². The average molecular weight is 1410 g/mol. The molecule has 570 valence electrons. The molecule has 17 nitrogen and oxygen atoms in total. The molecule has 3 N–H and O–H groups in total. The third kappa shape index (κ3) is 70.5. The van der Waals surface area contributed by atoms with Crippen LogP contribution in [0.1, 0.15) is 389 Å². The van der Waals surface area contributed by atoms with Crippen molar-refractivity contribution in [3.63, 3.8) is 0 Å². The number of ether oxygens (including phenoxy) is 4. The molecule has 0 heterocycles. The number of carbonyl (C=O) groups is 4. The van der Waals surface area contributed by atoms with Crippen molar-refractivity contribution in [1.29, 1.82) is 0 Å². The van der Waals surface area contributed by atoms with Crippen LogP contribution in [0.5, 0.6) is 0 Å². The molecule has 0 saturated heterocycles. The Hall–Kier alpha value is -1.94. The normalized spacial score (nSPS) is 14.1. The number of esters is 4. The zero-order chi connectivity index (χ0) is 71.0. The smallest absolute Gasteiger partial charge is 0.462 e. The van der Waals surface area contributed by atoms with Crippen LogP contribution in [0.2, 0.25) is 0 Å². The van der Waals surface area contributed by atoms with Crippen molar-refractivity contribution in [3.8, 4) is 0 Å². The van der Waals surface area contributed by atoms with Crippen LogP contribution in [0.25, 0.3) is 0 Å². The Morgan fingerprint density at radius 1 is 0.260 bits per heavy atom. The zero-order valence-electron chi connectivity index (χ0n) is 63.0. The number of aliphatic hydroxyl groups is 1. The van der Waals surface area contributed by atoms with Crippen molar-refractivity contribution >= 4 is 39.5 Å². The maximum atomic E-state index is 13.1. The van der Waals surface area contributed by atoms with Crippen LogP contribution in [0.3, 0.4) is 0 Å². The monoisotopic (exact) mass is 1410 g/mol. The van der Waals surface area contributed by atoms with Gasteiger partial charge in [-0.2, -0.15) is 0 Å². The van der Waals surface area contributed by atoms with Crippen LogP contribution < -0.4 is 0 Å². The summed E-state index contributed by atoms with van der Waals surface area (Å²) in [6.45, 7) is 14.2. The van der Waals surface area contributed by atoms with Crippen LogP contribution >= 0.6 is 15.6 Å². The van der Waals surface area contributed by atoms with Gasteiger partial charge in [0.05, 0.1) is 26.4 Å². The van der Waals surface area contributed by atoms with E-state index in [0.29, 0.717) is 31.6 Å². The minimum absolute atomic E-state index is 0.103. The van der Waals surface area contributed by atoms with Crippen LogP contribution in [-0.2, 0) is 65.4 Å². The van der Waals surface area contributed by atoms with Crippen LogP contribution in [0, 0.1) is 23.7 Å². The first-order valence-electron chi connectivity index (χ1n) is 39.7. The van der Waals surface area contributed by atoms with E-state index in [-0.39, 0.29) is 25.7 Å². The molecule has 0 aliphatic heterocycles. The molecule has 0 saturated carbocycles. The van der Waals surface area contributed by atoms with E-state index in [1.165, 1.54) is 193 Å². The van der Waals surface area contributed by atoms with Gasteiger partial charge in [-0.05, 0) is 49.4 Å². The number of phosphoric ester groups is 2. The molecule has 0 radical (unpaired) electrons. The van der Waals surface area contributed by atoms with Gasteiger partial charge in [-0.25, -0.2) is 9.13 Å². The Morgan fingerprint density at radius 2 is 0.438 bits per heavy atom. The van der Waals surface area contributed by atoms with E-state index in [1.807, 2.05) is 0 Å². The molecule has 0 aromatic rings. The van der Waals surface area contributed by atoms with Gasteiger partial charge < -0.3 is 33.8 Å². The van der Waals surface area contributed by atoms with E-state index in [9.17, 15) is 43.2 Å². The fourth-order valence-electron chi connectivity index (χ4n) is 11.7. The molecule has 5 atom stereocenters. The van der Waals surface area contributed by atoms with Crippen LogP contribution in [-0.4, -0.2) is 96.7 Å². The Kier molecular flexibility index (Phi) is 65.0. The number of unbranched alkanes of at least 4 members (excludes halogenated alkanes) is 40.